The van der Waals surface area contributed by atoms with Crippen LogP contribution in [0, 0.1) is 0 Å². The highest BCUT2D eigenvalue weighted by atomic mass is 28.4. The normalized spacial score (nSPS) is 19.6. The van der Waals surface area contributed by atoms with Crippen molar-refractivity contribution < 1.29 is 18.8 Å². The van der Waals surface area contributed by atoms with Crippen LogP contribution >= 0.6 is 0 Å². The molecule has 33 heavy (non-hydrogen) atoms. The van der Waals surface area contributed by atoms with E-state index in [2.05, 4.69) is 49.7 Å². The SMILES string of the molecule is COc1ccc(C2CN/C(=N\O[Si](C)(C)C(C)(C)C)C2NC(=O)OCc2ccccc2)cc1. The molecule has 0 radical (unpaired) electrons. The molecule has 1 aliphatic rings. The maximum Gasteiger partial charge on any atom is 0.408 e. The smallest absolute Gasteiger partial charge is 0.408 e. The molecule has 7 nitrogen and oxygen atoms in total. The predicted octanol–water partition coefficient (Wildman–Crippen LogP) is 5.01. The number of oxime groups is 1. The number of nitrogens with one attached hydrogen (secondary N) is 2. The number of amides is 1. The third-order valence-corrected chi connectivity index (χ3v) is 10.6. The van der Waals surface area contributed by atoms with Gasteiger partial charge in [-0.05, 0) is 41.4 Å². The molecule has 1 heterocycles. The molecule has 1 amide bonds. The minimum absolute atomic E-state index is 0.0165. The van der Waals surface area contributed by atoms with Gasteiger partial charge in [0.25, 0.3) is 8.32 Å². The number of carbonyl (C=O) groups is 1. The molecule has 2 N–H and O–H groups in total. The van der Waals surface area contributed by atoms with Crippen LogP contribution in [0.2, 0.25) is 18.1 Å². The van der Waals surface area contributed by atoms with Crippen LogP contribution in [0.3, 0.4) is 0 Å². The number of alkyl carbamates (subject to hydrolysis) is 1. The molecule has 0 aliphatic carbocycles. The van der Waals surface area contributed by atoms with Gasteiger partial charge >= 0.3 is 6.09 Å². The summed E-state index contributed by atoms with van der Waals surface area (Å²) in [6.07, 6.45) is -0.494. The summed E-state index contributed by atoms with van der Waals surface area (Å²) in [7, 11) is -0.462. The summed E-state index contributed by atoms with van der Waals surface area (Å²) in [4.78, 5) is 12.7. The van der Waals surface area contributed by atoms with E-state index < -0.39 is 20.5 Å². The largest absolute Gasteiger partial charge is 0.497 e. The molecule has 0 spiro atoms. The Balaban J connectivity index is 1.78. The Morgan fingerprint density at radius 1 is 1.12 bits per heavy atom. The number of hydrogen-bond acceptors (Lipinski definition) is 5. The molecule has 2 aromatic rings. The van der Waals surface area contributed by atoms with E-state index in [1.165, 1.54) is 0 Å². The van der Waals surface area contributed by atoms with Gasteiger partial charge in [0.15, 0.2) is 5.84 Å². The zero-order valence-electron chi connectivity index (χ0n) is 20.3. The van der Waals surface area contributed by atoms with Crippen molar-refractivity contribution in [1.82, 2.24) is 10.6 Å². The number of hydrogen-bond donors (Lipinski definition) is 2. The number of methoxy groups -OCH3 is 1. The van der Waals surface area contributed by atoms with Gasteiger partial charge in [0, 0.05) is 12.5 Å². The van der Waals surface area contributed by atoms with Gasteiger partial charge in [-0.15, -0.1) is 0 Å². The zero-order valence-corrected chi connectivity index (χ0v) is 21.3. The first-order chi connectivity index (χ1) is 15.6. The lowest BCUT2D eigenvalue weighted by Gasteiger charge is -2.33. The number of carbonyl (C=O) groups excluding carboxylic acids is 1. The van der Waals surface area contributed by atoms with E-state index in [4.69, 9.17) is 14.0 Å². The molecular weight excluding hydrogens is 434 g/mol. The van der Waals surface area contributed by atoms with E-state index in [0.717, 1.165) is 16.9 Å². The van der Waals surface area contributed by atoms with Crippen LogP contribution in [0.25, 0.3) is 0 Å². The fraction of sp³-hybridized carbons (Fsp3) is 0.440. The van der Waals surface area contributed by atoms with Gasteiger partial charge in [-0.1, -0.05) is 68.4 Å². The van der Waals surface area contributed by atoms with Crippen LogP contribution in [-0.4, -0.2) is 39.9 Å². The van der Waals surface area contributed by atoms with Crippen molar-refractivity contribution in [2.75, 3.05) is 13.7 Å². The van der Waals surface area contributed by atoms with Crippen LogP contribution in [-0.2, 0) is 15.9 Å². The first-order valence-electron chi connectivity index (χ1n) is 11.2. The van der Waals surface area contributed by atoms with Gasteiger partial charge in [-0.3, -0.25) is 0 Å². The van der Waals surface area contributed by atoms with E-state index in [-0.39, 0.29) is 17.6 Å². The molecule has 178 valence electrons. The fourth-order valence-electron chi connectivity index (χ4n) is 3.24. The van der Waals surface area contributed by atoms with Crippen LogP contribution < -0.4 is 15.4 Å². The van der Waals surface area contributed by atoms with E-state index in [0.29, 0.717) is 12.4 Å². The van der Waals surface area contributed by atoms with E-state index in [1.54, 1.807) is 7.11 Å². The quantitative estimate of drug-likeness (QED) is 0.440. The van der Waals surface area contributed by atoms with Crippen molar-refractivity contribution >= 4 is 20.2 Å². The molecule has 0 bridgehead atoms. The highest BCUT2D eigenvalue weighted by Gasteiger charge is 2.41. The molecule has 8 heteroatoms. The zero-order chi connectivity index (χ0) is 24.1. The predicted molar refractivity (Wildman–Crippen MR) is 133 cm³/mol. The molecule has 1 saturated heterocycles. The second kappa shape index (κ2) is 10.3. The highest BCUT2D eigenvalue weighted by Crippen LogP contribution is 2.37. The molecule has 0 saturated carbocycles. The average Bonchev–Trinajstić information content (AvgIpc) is 3.18. The number of ether oxygens (including phenoxy) is 2. The third kappa shape index (κ3) is 6.28. The maximum absolute atomic E-state index is 12.7. The summed E-state index contributed by atoms with van der Waals surface area (Å²) in [6.45, 7) is 11.6. The Labute approximate surface area is 197 Å². The van der Waals surface area contributed by atoms with Gasteiger partial charge in [-0.25, -0.2) is 4.79 Å². The number of amidine groups is 1. The lowest BCUT2D eigenvalue weighted by molar-refractivity contribution is 0.137. The van der Waals surface area contributed by atoms with Crippen LogP contribution in [0.5, 0.6) is 5.75 Å². The van der Waals surface area contributed by atoms with Crippen molar-refractivity contribution in [3.63, 3.8) is 0 Å². The summed E-state index contributed by atoms with van der Waals surface area (Å²) >= 11 is 0. The monoisotopic (exact) mass is 469 g/mol. The summed E-state index contributed by atoms with van der Waals surface area (Å²) in [5, 5.41) is 10.8. The third-order valence-electron chi connectivity index (χ3n) is 6.41. The summed E-state index contributed by atoms with van der Waals surface area (Å²) in [6, 6.07) is 17.1. The van der Waals surface area contributed by atoms with Crippen LogP contribution in [0.4, 0.5) is 4.79 Å². The van der Waals surface area contributed by atoms with Gasteiger partial charge in [0.1, 0.15) is 18.4 Å². The van der Waals surface area contributed by atoms with E-state index >= 15 is 0 Å². The van der Waals surface area contributed by atoms with Crippen LogP contribution in [0.15, 0.2) is 59.8 Å². The summed E-state index contributed by atoms with van der Waals surface area (Å²) in [5.74, 6) is 1.37. The average molecular weight is 470 g/mol. The van der Waals surface area contributed by atoms with Crippen LogP contribution in [0.1, 0.15) is 37.8 Å². The summed E-state index contributed by atoms with van der Waals surface area (Å²) in [5.41, 5.74) is 1.99. The molecule has 2 atom stereocenters. The molecule has 0 aromatic heterocycles. The Bertz CT molecular complexity index is 956. The number of rotatable bonds is 7. The van der Waals surface area contributed by atoms with E-state index in [1.807, 2.05) is 54.6 Å². The molecule has 1 aliphatic heterocycles. The summed E-state index contributed by atoms with van der Waals surface area (Å²) < 4.78 is 16.8. The molecule has 2 unspecified atom stereocenters. The topological polar surface area (TPSA) is 81.2 Å². The van der Waals surface area contributed by atoms with Crippen molar-refractivity contribution in [3.8, 4) is 5.75 Å². The molecule has 2 aromatic carbocycles. The van der Waals surface area contributed by atoms with Gasteiger partial charge < -0.3 is 24.6 Å². The standard InChI is InChI=1S/C25H35N3O4Si/c1-25(2,3)33(5,6)32-28-23-22(27-24(29)31-17-18-10-8-7-9-11-18)21(16-26-23)19-12-14-20(30-4)15-13-19/h7-15,21-22H,16-17H2,1-6H3,(H,26,28)(H,27,29). The van der Waals surface area contributed by atoms with Crippen molar-refractivity contribution in [2.45, 2.75) is 57.5 Å². The Hall–Kier alpha value is -3.00. The van der Waals surface area contributed by atoms with Crippen molar-refractivity contribution in [3.05, 3.63) is 65.7 Å². The Kier molecular flexibility index (Phi) is 7.68. The number of nitrogens with zero attached hydrogens (tertiary/aromatic N) is 1. The van der Waals surface area contributed by atoms with Crippen molar-refractivity contribution in [1.29, 1.82) is 0 Å². The van der Waals surface area contributed by atoms with Gasteiger partial charge in [-0.2, -0.15) is 0 Å². The van der Waals surface area contributed by atoms with Gasteiger partial charge in [0.2, 0.25) is 0 Å². The Morgan fingerprint density at radius 3 is 2.39 bits per heavy atom. The highest BCUT2D eigenvalue weighted by molar-refractivity contribution is 6.74. The first-order valence-corrected chi connectivity index (χ1v) is 14.1. The Morgan fingerprint density at radius 2 is 1.79 bits per heavy atom. The molecular formula is C25H35N3O4Si. The lowest BCUT2D eigenvalue weighted by Crippen LogP contribution is -2.45. The maximum atomic E-state index is 12.7. The fourth-order valence-corrected chi connectivity index (χ4v) is 3.84. The number of benzene rings is 2. The minimum Gasteiger partial charge on any atom is -0.497 e. The second-order valence-electron chi connectivity index (χ2n) is 9.77. The second-order valence-corrected chi connectivity index (χ2v) is 14.5. The van der Waals surface area contributed by atoms with Gasteiger partial charge in [0.05, 0.1) is 7.11 Å². The minimum atomic E-state index is -2.10. The molecule has 3 rings (SSSR count). The first kappa shape index (κ1) is 24.6. The van der Waals surface area contributed by atoms with E-state index in [9.17, 15) is 4.79 Å². The lowest BCUT2D eigenvalue weighted by atomic mass is 9.94. The van der Waals surface area contributed by atoms with Crippen molar-refractivity contribution in [2.24, 2.45) is 5.16 Å². The molecule has 1 fully saturated rings.